The van der Waals surface area contributed by atoms with E-state index in [9.17, 15) is 0 Å². The molecule has 0 aliphatic heterocycles. The summed E-state index contributed by atoms with van der Waals surface area (Å²) in [6, 6.07) is 0. The van der Waals surface area contributed by atoms with Crippen LogP contribution in [0.3, 0.4) is 0 Å². The van der Waals surface area contributed by atoms with Crippen molar-refractivity contribution in [1.82, 2.24) is 0 Å². The standard InChI is InChI=1S/3H2O.Sn.Zn.3H/h3*1H2;;;;;/q;;;;+2;;;/p-2. The van der Waals surface area contributed by atoms with E-state index in [2.05, 4.69) is 0 Å². The second kappa shape index (κ2) is 57.9. The third-order valence-electron chi connectivity index (χ3n) is 0. The quantitative estimate of drug-likeness (QED) is 0.442. The van der Waals surface area contributed by atoms with Crippen molar-refractivity contribution in [2.75, 3.05) is 0 Å². The summed E-state index contributed by atoms with van der Waals surface area (Å²) < 4.78 is 0. The van der Waals surface area contributed by atoms with Gasteiger partial charge in [0.25, 0.3) is 0 Å². The van der Waals surface area contributed by atoms with Crippen molar-refractivity contribution < 1.29 is 35.9 Å². The summed E-state index contributed by atoms with van der Waals surface area (Å²) in [5.41, 5.74) is 0. The molecular weight excluding hydrogens is 232 g/mol. The molecule has 0 unspecified atom stereocenters. The van der Waals surface area contributed by atoms with Crippen LogP contribution in [0.2, 0.25) is 0 Å². The van der Waals surface area contributed by atoms with Crippen LogP contribution < -0.4 is 0 Å². The molecule has 5 heavy (non-hydrogen) atoms. The zero-order valence-corrected chi connectivity index (χ0v) is 11.8. The molecule has 0 aromatic carbocycles. The fraction of sp³-hybridized carbons (Fsp3) is 0. The zero-order chi connectivity index (χ0) is 0. The van der Waals surface area contributed by atoms with E-state index >= 15 is 0 Å². The monoisotopic (exact) mass is 239 g/mol. The maximum Gasteiger partial charge on any atom is 2.00 e. The van der Waals surface area contributed by atoms with Gasteiger partial charge in [-0.2, -0.15) is 0 Å². The van der Waals surface area contributed by atoms with Crippen molar-refractivity contribution in [3.05, 3.63) is 0 Å². The summed E-state index contributed by atoms with van der Waals surface area (Å²) in [7, 11) is 0. The Hall–Kier alpha value is 1.30. The summed E-state index contributed by atoms with van der Waals surface area (Å²) in [5, 5.41) is 0. The van der Waals surface area contributed by atoms with Gasteiger partial charge in [0.1, 0.15) is 0 Å². The average Bonchev–Trinajstić information content (AvgIpc) is 0. The minimum absolute atomic E-state index is 0. The van der Waals surface area contributed by atoms with Crippen LogP contribution in [0.1, 0.15) is 0 Å². The van der Waals surface area contributed by atoms with Crippen LogP contribution in [-0.2, 0) is 19.5 Å². The molecule has 0 heterocycles. The van der Waals surface area contributed by atoms with Gasteiger partial charge in [-0.1, -0.05) is 0 Å². The van der Waals surface area contributed by atoms with Crippen molar-refractivity contribution >= 4 is 23.9 Å². The van der Waals surface area contributed by atoms with E-state index in [-0.39, 0.29) is 59.8 Å². The molecule has 0 atom stereocenters. The first-order valence-corrected chi connectivity index (χ1v) is 0. The first kappa shape index (κ1) is 104. The fourth-order valence-corrected chi connectivity index (χ4v) is 0. The Kier molecular flexibility index (Phi) is 1210. The van der Waals surface area contributed by atoms with E-state index in [4.69, 9.17) is 0 Å². The molecule has 31 valence electrons. The van der Waals surface area contributed by atoms with Gasteiger partial charge in [-0.3, -0.25) is 0 Å². The van der Waals surface area contributed by atoms with Gasteiger partial charge >= 0.3 is 43.4 Å². The minimum Gasteiger partial charge on any atom is 2.00 e. The Morgan fingerprint density at radius 3 is 0.800 bits per heavy atom. The summed E-state index contributed by atoms with van der Waals surface area (Å²) in [4.78, 5) is 0. The molecule has 0 aliphatic carbocycles. The van der Waals surface area contributed by atoms with E-state index in [1.165, 1.54) is 0 Å². The topological polar surface area (TPSA) is 91.5 Å². The molecule has 3 nitrogen and oxygen atoms in total. The van der Waals surface area contributed by atoms with Gasteiger partial charge in [-0.05, 0) is 0 Å². The third-order valence-corrected chi connectivity index (χ3v) is 0. The Morgan fingerprint density at radius 2 is 0.800 bits per heavy atom. The molecule has 0 aromatic rings. The van der Waals surface area contributed by atoms with E-state index in [1.54, 1.807) is 0 Å². The maximum absolute atomic E-state index is 0. The molecule has 0 fully saturated rings. The molecular formula is H7O3SnZn. The SMILES string of the molecule is O.[OH-].[OH-].[SnH3].[Zn+2]. The minimum atomic E-state index is 0. The second-order valence-electron chi connectivity index (χ2n) is 0. The van der Waals surface area contributed by atoms with Crippen LogP contribution in [0.25, 0.3) is 0 Å². The van der Waals surface area contributed by atoms with Crippen LogP contribution in [0.15, 0.2) is 0 Å². The molecule has 0 spiro atoms. The molecule has 4 N–H and O–H groups in total. The van der Waals surface area contributed by atoms with Crippen LogP contribution in [0, 0.1) is 0 Å². The Labute approximate surface area is 59.8 Å². The predicted octanol–water partition coefficient (Wildman–Crippen LogP) is -2.36. The van der Waals surface area contributed by atoms with Gasteiger partial charge in [0.05, 0.1) is 0 Å². The van der Waals surface area contributed by atoms with E-state index in [0.717, 1.165) is 0 Å². The number of hydrogen-bond acceptors (Lipinski definition) is 2. The summed E-state index contributed by atoms with van der Waals surface area (Å²) >= 11 is 0. The molecule has 0 amide bonds. The largest absolute Gasteiger partial charge is 2.00 e. The Bertz CT molecular complexity index is 6.85. The third kappa shape index (κ3) is 34.1. The molecule has 0 bridgehead atoms. The van der Waals surface area contributed by atoms with Crippen molar-refractivity contribution in [3.8, 4) is 0 Å². The van der Waals surface area contributed by atoms with Crippen molar-refractivity contribution in [2.24, 2.45) is 0 Å². The molecule has 0 aliphatic rings. The molecule has 5 heteroatoms. The predicted molar refractivity (Wildman–Crippen MR) is 17.4 cm³/mol. The Morgan fingerprint density at radius 1 is 0.800 bits per heavy atom. The van der Waals surface area contributed by atoms with Gasteiger partial charge in [0.2, 0.25) is 0 Å². The van der Waals surface area contributed by atoms with Crippen LogP contribution in [-0.4, -0.2) is 40.3 Å². The van der Waals surface area contributed by atoms with Crippen molar-refractivity contribution in [1.29, 1.82) is 0 Å². The number of hydrogen-bond donors (Lipinski definition) is 0. The number of rotatable bonds is 0. The van der Waals surface area contributed by atoms with E-state index in [1.807, 2.05) is 0 Å². The maximum atomic E-state index is 0. The summed E-state index contributed by atoms with van der Waals surface area (Å²) in [6.45, 7) is 0. The van der Waals surface area contributed by atoms with Crippen molar-refractivity contribution in [3.63, 3.8) is 0 Å². The first-order chi connectivity index (χ1) is 0. The van der Waals surface area contributed by atoms with Crippen LogP contribution in [0.5, 0.6) is 0 Å². The fourth-order valence-electron chi connectivity index (χ4n) is 0. The average molecular weight is 239 g/mol. The summed E-state index contributed by atoms with van der Waals surface area (Å²) in [6.07, 6.45) is 0. The van der Waals surface area contributed by atoms with Gasteiger partial charge < -0.3 is 16.4 Å². The molecule has 1 radical (unpaired) electrons. The van der Waals surface area contributed by atoms with Crippen LogP contribution >= 0.6 is 0 Å². The molecule has 0 aromatic heterocycles. The van der Waals surface area contributed by atoms with Crippen LogP contribution in [0.4, 0.5) is 0 Å². The van der Waals surface area contributed by atoms with Gasteiger partial charge in [-0.25, -0.2) is 0 Å². The zero-order valence-electron chi connectivity index (χ0n) is 3.10. The molecule has 0 saturated heterocycles. The smallest absolute Gasteiger partial charge is 2.00 e. The second-order valence-corrected chi connectivity index (χ2v) is 0. The molecule has 0 rings (SSSR count). The van der Waals surface area contributed by atoms with E-state index < -0.39 is 0 Å². The Balaban J connectivity index is 0. The van der Waals surface area contributed by atoms with Gasteiger partial charge in [0, 0.05) is 0 Å². The van der Waals surface area contributed by atoms with E-state index in [0.29, 0.717) is 0 Å². The summed E-state index contributed by atoms with van der Waals surface area (Å²) in [5.74, 6) is 0. The van der Waals surface area contributed by atoms with Gasteiger partial charge in [0.15, 0.2) is 0 Å². The van der Waals surface area contributed by atoms with Gasteiger partial charge in [-0.15, -0.1) is 0 Å². The normalized spacial score (nSPS) is 0. The van der Waals surface area contributed by atoms with Crippen molar-refractivity contribution in [2.45, 2.75) is 0 Å². The first-order valence-electron chi connectivity index (χ1n) is 0. The molecule has 0 saturated carbocycles.